The van der Waals surface area contributed by atoms with E-state index in [1.165, 1.54) is 83.7 Å². The SMILES string of the molecule is CCCCC[N-]CCCC[N-]CC(CC)CN(C)CCCC[N-]CCCCC.[Nb].[Nb].[Nb]. The third-order valence-corrected chi connectivity index (χ3v) is 5.36. The maximum atomic E-state index is 4.80. The smallest absolute Gasteiger partial charge is 0 e. The van der Waals surface area contributed by atoms with E-state index in [0.29, 0.717) is 5.92 Å². The molecule has 7 heteroatoms. The van der Waals surface area contributed by atoms with Gasteiger partial charge in [-0.1, -0.05) is 85.0 Å². The summed E-state index contributed by atoms with van der Waals surface area (Å²) in [6.45, 7) is 15.4. The molecule has 0 bridgehead atoms. The van der Waals surface area contributed by atoms with Crippen molar-refractivity contribution in [3.8, 4) is 0 Å². The third kappa shape index (κ3) is 32.1. The van der Waals surface area contributed by atoms with Crippen molar-refractivity contribution in [2.24, 2.45) is 5.92 Å². The van der Waals surface area contributed by atoms with Crippen LogP contribution in [0.25, 0.3) is 16.0 Å². The number of nitrogens with zero attached hydrogens (tertiary/aromatic N) is 4. The van der Waals surface area contributed by atoms with Gasteiger partial charge in [0.05, 0.1) is 0 Å². The summed E-state index contributed by atoms with van der Waals surface area (Å²) in [5.74, 6) is 0.711. The summed E-state index contributed by atoms with van der Waals surface area (Å²) in [5.41, 5.74) is 0. The molecule has 0 spiro atoms. The molecule has 0 fully saturated rings. The Morgan fingerprint density at radius 2 is 1.00 bits per heavy atom. The third-order valence-electron chi connectivity index (χ3n) is 5.36. The van der Waals surface area contributed by atoms with Crippen LogP contribution >= 0.6 is 0 Å². The van der Waals surface area contributed by atoms with Crippen molar-refractivity contribution in [1.82, 2.24) is 4.90 Å². The molecule has 0 amide bonds. The molecule has 0 saturated carbocycles. The fourth-order valence-corrected chi connectivity index (χ4v) is 3.35. The van der Waals surface area contributed by atoms with Crippen LogP contribution in [0.15, 0.2) is 0 Å². The second-order valence-corrected chi connectivity index (χ2v) is 8.34. The topological polar surface area (TPSA) is 45.5 Å². The van der Waals surface area contributed by atoms with E-state index in [1.54, 1.807) is 0 Å². The van der Waals surface area contributed by atoms with E-state index in [1.807, 2.05) is 0 Å². The molecule has 31 heavy (non-hydrogen) atoms. The van der Waals surface area contributed by atoms with Gasteiger partial charge in [-0.05, 0) is 32.5 Å². The molecule has 0 saturated heterocycles. The van der Waals surface area contributed by atoms with Crippen LogP contribution in [-0.2, 0) is 67.1 Å². The van der Waals surface area contributed by atoms with Gasteiger partial charge in [0.15, 0.2) is 0 Å². The molecule has 0 aliphatic carbocycles. The Morgan fingerprint density at radius 1 is 0.581 bits per heavy atom. The van der Waals surface area contributed by atoms with Crippen molar-refractivity contribution >= 4 is 0 Å². The molecule has 0 aromatic heterocycles. The van der Waals surface area contributed by atoms with E-state index in [9.17, 15) is 0 Å². The van der Waals surface area contributed by atoms with Gasteiger partial charge in [-0.25, -0.2) is 0 Å². The van der Waals surface area contributed by atoms with E-state index >= 15 is 0 Å². The van der Waals surface area contributed by atoms with Crippen LogP contribution < -0.4 is 0 Å². The molecule has 0 aromatic carbocycles. The minimum absolute atomic E-state index is 0. The van der Waals surface area contributed by atoms with Gasteiger partial charge >= 0.3 is 0 Å². The van der Waals surface area contributed by atoms with Crippen LogP contribution in [0.4, 0.5) is 0 Å². The molecule has 1 unspecified atom stereocenters. The van der Waals surface area contributed by atoms with Crippen molar-refractivity contribution in [3.63, 3.8) is 0 Å². The van der Waals surface area contributed by atoms with Gasteiger partial charge in [0.1, 0.15) is 0 Å². The molecule has 0 aromatic rings. The Morgan fingerprint density at radius 3 is 1.45 bits per heavy atom. The normalized spacial score (nSPS) is 11.5. The molecular formula is C24H51N4Nb3-3. The fourth-order valence-electron chi connectivity index (χ4n) is 3.35. The van der Waals surface area contributed by atoms with Gasteiger partial charge in [-0.3, -0.25) is 0 Å². The Hall–Kier alpha value is 2.06. The van der Waals surface area contributed by atoms with E-state index in [4.69, 9.17) is 5.32 Å². The number of rotatable bonds is 23. The molecule has 0 heterocycles. The molecule has 185 valence electrons. The predicted octanol–water partition coefficient (Wildman–Crippen LogP) is 7.00. The maximum absolute atomic E-state index is 4.80. The van der Waals surface area contributed by atoms with Gasteiger partial charge in [-0.15, -0.1) is 39.3 Å². The van der Waals surface area contributed by atoms with Crippen LogP contribution in [0.2, 0.25) is 0 Å². The van der Waals surface area contributed by atoms with Crippen molar-refractivity contribution in [2.45, 2.75) is 91.4 Å². The van der Waals surface area contributed by atoms with Crippen molar-refractivity contribution in [3.05, 3.63) is 16.0 Å². The second-order valence-electron chi connectivity index (χ2n) is 8.34. The Balaban J connectivity index is -0.00000121. The minimum Gasteiger partial charge on any atom is -0.662 e. The molecule has 0 aliphatic heterocycles. The molecule has 4 nitrogen and oxygen atoms in total. The molecular weight excluding hydrogens is 623 g/mol. The summed E-state index contributed by atoms with van der Waals surface area (Å²) in [6.07, 6.45) is 13.9. The van der Waals surface area contributed by atoms with Gasteiger partial charge in [0, 0.05) is 67.1 Å². The summed E-state index contributed by atoms with van der Waals surface area (Å²) in [6, 6.07) is 0. The van der Waals surface area contributed by atoms with E-state index in [0.717, 1.165) is 39.3 Å². The first-order valence-corrected chi connectivity index (χ1v) is 12.3. The van der Waals surface area contributed by atoms with Gasteiger partial charge in [0.2, 0.25) is 0 Å². The van der Waals surface area contributed by atoms with Crippen LogP contribution in [-0.4, -0.2) is 64.3 Å². The Kier molecular flexibility index (Phi) is 44.4. The molecule has 3 radical (unpaired) electrons. The standard InChI is InChI=1S/C24H51N4.3Nb/c1-5-8-10-16-25-18-12-13-20-27-22-24(7-3)23-28(4)21-15-14-19-26-17-11-9-6-2;;;/h24H,5-23H2,1-4H3;;;/q-3;;;. The largest absolute Gasteiger partial charge is 0.662 e. The summed E-state index contributed by atoms with van der Waals surface area (Å²) < 4.78 is 0. The Bertz CT molecular complexity index is 300. The van der Waals surface area contributed by atoms with Crippen LogP contribution in [0.5, 0.6) is 0 Å². The van der Waals surface area contributed by atoms with E-state index in [-0.39, 0.29) is 67.1 Å². The molecule has 0 rings (SSSR count). The second kappa shape index (κ2) is 34.2. The summed E-state index contributed by atoms with van der Waals surface area (Å²) >= 11 is 0. The van der Waals surface area contributed by atoms with E-state index < -0.39 is 0 Å². The number of hydrogen-bond acceptors (Lipinski definition) is 1. The summed E-state index contributed by atoms with van der Waals surface area (Å²) in [4.78, 5) is 2.50. The van der Waals surface area contributed by atoms with Gasteiger partial charge < -0.3 is 20.9 Å². The van der Waals surface area contributed by atoms with Gasteiger partial charge in [-0.2, -0.15) is 0 Å². The first kappa shape index (κ1) is 40.2. The van der Waals surface area contributed by atoms with Gasteiger partial charge in [0.25, 0.3) is 0 Å². The first-order valence-electron chi connectivity index (χ1n) is 12.3. The maximum Gasteiger partial charge on any atom is 0 e. The zero-order chi connectivity index (χ0) is 20.7. The van der Waals surface area contributed by atoms with Crippen molar-refractivity contribution in [2.75, 3.05) is 59.4 Å². The number of unbranched alkanes of at least 4 members (excludes halogenated alkanes) is 6. The van der Waals surface area contributed by atoms with Crippen molar-refractivity contribution in [1.29, 1.82) is 0 Å². The monoisotopic (exact) mass is 674 g/mol. The van der Waals surface area contributed by atoms with Crippen LogP contribution in [0.3, 0.4) is 0 Å². The minimum atomic E-state index is 0. The average molecular weight is 674 g/mol. The molecule has 0 aliphatic rings. The van der Waals surface area contributed by atoms with Crippen LogP contribution in [0, 0.1) is 5.92 Å². The fraction of sp³-hybridized carbons (Fsp3) is 1.00. The van der Waals surface area contributed by atoms with Crippen LogP contribution in [0.1, 0.15) is 91.4 Å². The quantitative estimate of drug-likeness (QED) is 0.0852. The summed E-state index contributed by atoms with van der Waals surface area (Å²) in [5, 5.41) is 14.0. The zero-order valence-electron chi connectivity index (χ0n) is 21.1. The molecule has 0 N–H and O–H groups in total. The number of hydrogen-bond donors (Lipinski definition) is 0. The predicted molar refractivity (Wildman–Crippen MR) is 128 cm³/mol. The molecule has 1 atom stereocenters. The summed E-state index contributed by atoms with van der Waals surface area (Å²) in [7, 11) is 2.26. The van der Waals surface area contributed by atoms with Crippen molar-refractivity contribution < 1.29 is 67.1 Å². The zero-order valence-corrected chi connectivity index (χ0v) is 27.7. The van der Waals surface area contributed by atoms with E-state index in [2.05, 4.69) is 43.4 Å². The first-order chi connectivity index (χ1) is 13.7. The average Bonchev–Trinajstić information content (AvgIpc) is 2.70. The Labute approximate surface area is 242 Å².